The number of phenols is 2. The second-order valence-electron chi connectivity index (χ2n) is 6.19. The molecule has 3 rings (SSSR count). The summed E-state index contributed by atoms with van der Waals surface area (Å²) in [4.78, 5) is 12.2. The number of alkyl halides is 3. The Balaban J connectivity index is 0.000000242. The van der Waals surface area contributed by atoms with E-state index in [9.17, 15) is 15.0 Å². The number of ketones is 1. The lowest BCUT2D eigenvalue weighted by molar-refractivity contribution is 0.0847. The summed E-state index contributed by atoms with van der Waals surface area (Å²) in [6.45, 7) is 2.86. The van der Waals surface area contributed by atoms with Gasteiger partial charge in [0.05, 0.1) is 11.1 Å². The Hall–Kier alpha value is -1.46. The van der Waals surface area contributed by atoms with Crippen molar-refractivity contribution < 1.29 is 20.1 Å². The summed E-state index contributed by atoms with van der Waals surface area (Å²) in [6.07, 6.45) is 0.555. The number of halogens is 3. The molecule has 0 aromatic heterocycles. The highest BCUT2D eigenvalue weighted by Crippen LogP contribution is 2.37. The van der Waals surface area contributed by atoms with Gasteiger partial charge in [-0.3, -0.25) is 4.79 Å². The van der Waals surface area contributed by atoms with Gasteiger partial charge in [-0.25, -0.2) is 0 Å². The summed E-state index contributed by atoms with van der Waals surface area (Å²) in [5.41, 5.74) is 0.946. The molecule has 0 heterocycles. The van der Waals surface area contributed by atoms with Crippen molar-refractivity contribution in [3.63, 3.8) is 0 Å². The number of hydrogen-bond acceptors (Lipinski definition) is 4. The molecule has 1 aliphatic carbocycles. The van der Waals surface area contributed by atoms with Gasteiger partial charge in [0, 0.05) is 0 Å². The van der Waals surface area contributed by atoms with E-state index in [1.165, 1.54) is 26.0 Å². The molecule has 0 atom stereocenters. The molecule has 0 radical (unpaired) electrons. The highest BCUT2D eigenvalue weighted by Gasteiger charge is 2.38. The van der Waals surface area contributed by atoms with Gasteiger partial charge in [-0.2, -0.15) is 0 Å². The Bertz CT molecular complexity index is 739. The second kappa shape index (κ2) is 7.04. The first-order valence-electron chi connectivity index (χ1n) is 7.39. The Labute approximate surface area is 160 Å². The number of hydrogen-bond donors (Lipinski definition) is 3. The van der Waals surface area contributed by atoms with Gasteiger partial charge in [-0.05, 0) is 43.5 Å². The predicted octanol–water partition coefficient (Wildman–Crippen LogP) is 4.36. The lowest BCUT2D eigenvalue weighted by Crippen LogP contribution is -2.35. The number of carbonyl (C=O) groups excluding carboxylic acids is 1. The van der Waals surface area contributed by atoms with Crippen LogP contribution in [-0.2, 0) is 6.42 Å². The van der Waals surface area contributed by atoms with Crippen molar-refractivity contribution in [2.45, 2.75) is 29.7 Å². The first kappa shape index (κ1) is 19.9. The zero-order valence-corrected chi connectivity index (χ0v) is 15.8. The summed E-state index contributed by atoms with van der Waals surface area (Å²) in [6, 6.07) is 10.0. The lowest BCUT2D eigenvalue weighted by Gasteiger charge is -2.25. The van der Waals surface area contributed by atoms with Crippen LogP contribution < -0.4 is 0 Å². The summed E-state index contributed by atoms with van der Waals surface area (Å²) in [5.74, 6) is -0.361. The zero-order valence-electron chi connectivity index (χ0n) is 13.6. The molecule has 0 amide bonds. The van der Waals surface area contributed by atoms with Gasteiger partial charge < -0.3 is 15.3 Å². The minimum atomic E-state index is -1.59. The smallest absolute Gasteiger partial charge is 0.218 e. The van der Waals surface area contributed by atoms with Gasteiger partial charge in [-0.1, -0.05) is 59.1 Å². The third-order valence-corrected chi connectivity index (χ3v) is 5.17. The Morgan fingerprint density at radius 2 is 1.24 bits per heavy atom. The predicted molar refractivity (Wildman–Crippen MR) is 99.0 cm³/mol. The molecule has 0 saturated carbocycles. The van der Waals surface area contributed by atoms with Crippen LogP contribution in [0, 0.1) is 0 Å². The topological polar surface area (TPSA) is 77.8 Å². The Morgan fingerprint density at radius 1 is 0.880 bits per heavy atom. The minimum absolute atomic E-state index is 0.0265. The van der Waals surface area contributed by atoms with Crippen LogP contribution in [0.5, 0.6) is 11.5 Å². The maximum absolute atomic E-state index is 12.2. The Kier molecular flexibility index (Phi) is 5.59. The molecule has 2 aromatic carbocycles. The molecule has 0 spiro atoms. The normalized spacial score (nSPS) is 13.4. The van der Waals surface area contributed by atoms with E-state index >= 15 is 0 Å². The van der Waals surface area contributed by atoms with E-state index in [4.69, 9.17) is 39.9 Å². The third-order valence-electron chi connectivity index (χ3n) is 3.79. The van der Waals surface area contributed by atoms with E-state index in [-0.39, 0.29) is 17.3 Å². The van der Waals surface area contributed by atoms with Crippen molar-refractivity contribution in [2.75, 3.05) is 0 Å². The van der Waals surface area contributed by atoms with Gasteiger partial charge >= 0.3 is 0 Å². The van der Waals surface area contributed by atoms with Crippen LogP contribution in [0.2, 0.25) is 0 Å². The monoisotopic (exact) mass is 402 g/mol. The average Bonchev–Trinajstić information content (AvgIpc) is 2.45. The quantitative estimate of drug-likeness (QED) is 0.487. The van der Waals surface area contributed by atoms with Crippen molar-refractivity contribution in [2.24, 2.45) is 0 Å². The summed E-state index contributed by atoms with van der Waals surface area (Å²) >= 11 is 15.9. The van der Waals surface area contributed by atoms with Crippen LogP contribution in [0.3, 0.4) is 0 Å². The summed E-state index contributed by atoms with van der Waals surface area (Å²) in [7, 11) is 0. The van der Waals surface area contributed by atoms with Crippen molar-refractivity contribution >= 4 is 40.6 Å². The van der Waals surface area contributed by atoms with Crippen molar-refractivity contribution in [3.05, 3.63) is 58.7 Å². The van der Waals surface area contributed by atoms with Gasteiger partial charge in [0.1, 0.15) is 17.1 Å². The molecule has 4 nitrogen and oxygen atoms in total. The van der Waals surface area contributed by atoms with Crippen LogP contribution in [-0.4, -0.2) is 30.5 Å². The molecule has 0 aliphatic heterocycles. The molecular weight excluding hydrogens is 387 g/mol. The van der Waals surface area contributed by atoms with Crippen LogP contribution >= 0.6 is 34.8 Å². The standard InChI is InChI=1S/C14H10O3.C4H7Cl3O/c15-10-5-1-3-8-7-9-4-2-6-11(16)13(9)14(17)12(8)10;1-3(2,8)4(5,6)7/h1-6,15-16H,7H2;8H,1-2H3. The van der Waals surface area contributed by atoms with E-state index in [2.05, 4.69) is 0 Å². The SMILES string of the molecule is CC(C)(O)C(Cl)(Cl)Cl.O=C1c2c(O)cccc2Cc2cccc(O)c21. The largest absolute Gasteiger partial charge is 0.507 e. The summed E-state index contributed by atoms with van der Waals surface area (Å²) < 4.78 is -1.59. The third kappa shape index (κ3) is 4.21. The number of benzene rings is 2. The molecule has 134 valence electrons. The lowest BCUT2D eigenvalue weighted by atomic mass is 9.84. The van der Waals surface area contributed by atoms with Crippen LogP contribution in [0.4, 0.5) is 0 Å². The molecule has 7 heteroatoms. The number of aliphatic hydroxyl groups is 1. The van der Waals surface area contributed by atoms with E-state index in [0.717, 1.165) is 11.1 Å². The minimum Gasteiger partial charge on any atom is -0.507 e. The second-order valence-corrected chi connectivity index (χ2v) is 8.47. The van der Waals surface area contributed by atoms with Crippen LogP contribution in [0.1, 0.15) is 40.9 Å². The van der Waals surface area contributed by atoms with E-state index < -0.39 is 9.39 Å². The molecule has 2 aromatic rings. The van der Waals surface area contributed by atoms with Crippen LogP contribution in [0.15, 0.2) is 36.4 Å². The number of fused-ring (bicyclic) bond motifs is 2. The molecule has 0 saturated heterocycles. The van der Waals surface area contributed by atoms with Gasteiger partial charge in [0.25, 0.3) is 0 Å². The van der Waals surface area contributed by atoms with E-state index in [1.54, 1.807) is 12.1 Å². The molecule has 0 bridgehead atoms. The maximum Gasteiger partial charge on any atom is 0.218 e. The Morgan fingerprint density at radius 3 is 1.56 bits per heavy atom. The van der Waals surface area contributed by atoms with Crippen molar-refractivity contribution in [1.82, 2.24) is 0 Å². The fourth-order valence-electron chi connectivity index (χ4n) is 2.32. The van der Waals surface area contributed by atoms with Crippen LogP contribution in [0.25, 0.3) is 0 Å². The van der Waals surface area contributed by atoms with E-state index in [0.29, 0.717) is 17.5 Å². The zero-order chi connectivity index (χ0) is 19.0. The van der Waals surface area contributed by atoms with E-state index in [1.807, 2.05) is 12.1 Å². The molecule has 1 aliphatic rings. The highest BCUT2D eigenvalue weighted by atomic mass is 35.6. The fraction of sp³-hybridized carbons (Fsp3) is 0.278. The molecule has 25 heavy (non-hydrogen) atoms. The molecule has 0 fully saturated rings. The number of aromatic hydroxyl groups is 2. The number of carbonyl (C=O) groups is 1. The first-order valence-corrected chi connectivity index (χ1v) is 8.52. The highest BCUT2D eigenvalue weighted by molar-refractivity contribution is 6.68. The molecular formula is C18H17Cl3O4. The van der Waals surface area contributed by atoms with Crippen molar-refractivity contribution in [3.8, 4) is 11.5 Å². The van der Waals surface area contributed by atoms with Gasteiger partial charge in [-0.15, -0.1) is 0 Å². The van der Waals surface area contributed by atoms with Gasteiger partial charge in [0.2, 0.25) is 9.58 Å². The molecule has 0 unspecified atom stereocenters. The summed E-state index contributed by atoms with van der Waals surface area (Å²) in [5, 5.41) is 28.4. The maximum atomic E-state index is 12.2. The van der Waals surface area contributed by atoms with Gasteiger partial charge in [0.15, 0.2) is 0 Å². The molecule has 3 N–H and O–H groups in total. The fourth-order valence-corrected chi connectivity index (χ4v) is 2.32. The first-order chi connectivity index (χ1) is 11.4. The average molecular weight is 404 g/mol. The number of phenolic OH excluding ortho intramolecular Hbond substituents is 2. The van der Waals surface area contributed by atoms with Crippen molar-refractivity contribution in [1.29, 1.82) is 0 Å². The number of rotatable bonds is 0.